The molecule has 0 radical (unpaired) electrons. The van der Waals surface area contributed by atoms with E-state index in [0.29, 0.717) is 0 Å². The predicted octanol–water partition coefficient (Wildman–Crippen LogP) is 4.08. The van der Waals surface area contributed by atoms with Gasteiger partial charge in [0.25, 0.3) is 0 Å². The summed E-state index contributed by atoms with van der Waals surface area (Å²) in [6, 6.07) is 4.76. The predicted molar refractivity (Wildman–Crippen MR) is 61.6 cm³/mol. The van der Waals surface area contributed by atoms with Crippen LogP contribution in [0.1, 0.15) is 47.0 Å². The van der Waals surface area contributed by atoms with Crippen LogP contribution in [0.4, 0.5) is 0 Å². The molecule has 0 heterocycles. The summed E-state index contributed by atoms with van der Waals surface area (Å²) >= 11 is 0. The van der Waals surface area contributed by atoms with Gasteiger partial charge in [-0.2, -0.15) is 0 Å². The molecule has 0 bridgehead atoms. The Morgan fingerprint density at radius 3 is 1.75 bits per heavy atom. The average Bonchev–Trinajstić information content (AvgIpc) is 2.01. The molecule has 0 aliphatic rings. The van der Waals surface area contributed by atoms with Gasteiger partial charge in [0.2, 0.25) is 0 Å². The van der Waals surface area contributed by atoms with Crippen molar-refractivity contribution in [1.82, 2.24) is 0 Å². The van der Waals surface area contributed by atoms with Gasteiger partial charge >= 0.3 is 0 Å². The molecule has 0 nitrogen and oxygen atoms in total. The van der Waals surface area contributed by atoms with Crippen LogP contribution in [-0.4, -0.2) is 8.80 Å². The maximum atomic E-state index is 2.35. The topological polar surface area (TPSA) is 0 Å². The molecule has 12 heavy (non-hydrogen) atoms. The van der Waals surface area contributed by atoms with E-state index in [9.17, 15) is 0 Å². The summed E-state index contributed by atoms with van der Waals surface area (Å²) < 4.78 is 0. The lowest BCUT2D eigenvalue weighted by Gasteiger charge is -2.14. The fourth-order valence-corrected chi connectivity index (χ4v) is 5.46. The monoisotopic (exact) mass is 186 g/mol. The summed E-state index contributed by atoms with van der Waals surface area (Å²) in [5.41, 5.74) is 0. The molecule has 0 spiro atoms. The molecule has 0 rings (SSSR count). The van der Waals surface area contributed by atoms with E-state index in [-0.39, 0.29) is 8.80 Å². The summed E-state index contributed by atoms with van der Waals surface area (Å²) in [6.07, 6.45) is 4.33. The molecule has 0 aromatic rings. The van der Waals surface area contributed by atoms with E-state index in [1.54, 1.807) is 18.1 Å². The second-order valence-electron chi connectivity index (χ2n) is 4.41. The maximum Gasteiger partial charge on any atom is 0.0367 e. The van der Waals surface area contributed by atoms with Crippen molar-refractivity contribution < 1.29 is 0 Å². The van der Waals surface area contributed by atoms with E-state index >= 15 is 0 Å². The van der Waals surface area contributed by atoms with Crippen LogP contribution in [0.2, 0.25) is 18.1 Å². The second kappa shape index (κ2) is 7.84. The highest BCUT2D eigenvalue weighted by molar-refractivity contribution is 6.58. The Kier molecular flexibility index (Phi) is 7.99. The smallest absolute Gasteiger partial charge is 0.0367 e. The molecule has 0 aromatic heterocycles. The van der Waals surface area contributed by atoms with Crippen LogP contribution in [-0.2, 0) is 0 Å². The zero-order valence-corrected chi connectivity index (χ0v) is 10.6. The van der Waals surface area contributed by atoms with Gasteiger partial charge in [-0.05, 0) is 5.92 Å². The van der Waals surface area contributed by atoms with Crippen molar-refractivity contribution in [2.24, 2.45) is 5.92 Å². The molecule has 0 saturated carbocycles. The van der Waals surface area contributed by atoms with Crippen molar-refractivity contribution in [2.45, 2.75) is 65.1 Å². The van der Waals surface area contributed by atoms with Gasteiger partial charge in [-0.15, -0.1) is 0 Å². The molecule has 0 N–H and O–H groups in total. The molecule has 0 aliphatic carbocycles. The van der Waals surface area contributed by atoms with Gasteiger partial charge in [-0.25, -0.2) is 0 Å². The highest BCUT2D eigenvalue weighted by Gasteiger charge is 2.08. The fourth-order valence-electron chi connectivity index (χ4n) is 1.82. The number of rotatable bonds is 7. The molecule has 0 amide bonds. The molecule has 0 aromatic carbocycles. The van der Waals surface area contributed by atoms with E-state index in [0.717, 1.165) is 5.92 Å². The number of hydrogen-bond acceptors (Lipinski definition) is 0. The SMILES string of the molecule is CCC[SiH](CCC)CCC(C)C. The van der Waals surface area contributed by atoms with E-state index in [1.165, 1.54) is 19.3 Å². The van der Waals surface area contributed by atoms with Gasteiger partial charge in [-0.1, -0.05) is 65.1 Å². The minimum Gasteiger partial charge on any atom is -0.0657 e. The Hall–Kier alpha value is 0.217. The molecule has 1 heteroatoms. The van der Waals surface area contributed by atoms with Gasteiger partial charge in [-0.3, -0.25) is 0 Å². The van der Waals surface area contributed by atoms with E-state index in [4.69, 9.17) is 0 Å². The van der Waals surface area contributed by atoms with Gasteiger partial charge in [0.15, 0.2) is 0 Å². The first-order valence-corrected chi connectivity index (χ1v) is 8.15. The third kappa shape index (κ3) is 6.90. The van der Waals surface area contributed by atoms with E-state index in [1.807, 2.05) is 0 Å². The van der Waals surface area contributed by atoms with Crippen LogP contribution < -0.4 is 0 Å². The summed E-state index contributed by atoms with van der Waals surface area (Å²) in [7, 11) is -0.290. The first kappa shape index (κ1) is 12.2. The first-order chi connectivity index (χ1) is 5.70. The minimum absolute atomic E-state index is 0.290. The van der Waals surface area contributed by atoms with E-state index in [2.05, 4.69) is 27.7 Å². The lowest BCUT2D eigenvalue weighted by Crippen LogP contribution is -2.11. The molecule has 0 aliphatic heterocycles. The Morgan fingerprint density at radius 2 is 1.42 bits per heavy atom. The van der Waals surface area contributed by atoms with Crippen molar-refractivity contribution in [3.8, 4) is 0 Å². The largest absolute Gasteiger partial charge is 0.0657 e. The van der Waals surface area contributed by atoms with Crippen LogP contribution in [0.3, 0.4) is 0 Å². The molecular weight excluding hydrogens is 160 g/mol. The normalized spacial score (nSPS) is 11.5. The highest BCUT2D eigenvalue weighted by Crippen LogP contribution is 2.15. The van der Waals surface area contributed by atoms with Crippen LogP contribution in [0.5, 0.6) is 0 Å². The fraction of sp³-hybridized carbons (Fsp3) is 1.00. The third-order valence-electron chi connectivity index (χ3n) is 2.55. The maximum absolute atomic E-state index is 2.35. The third-order valence-corrected chi connectivity index (χ3v) is 6.48. The van der Waals surface area contributed by atoms with Gasteiger partial charge < -0.3 is 0 Å². The van der Waals surface area contributed by atoms with Crippen LogP contribution >= 0.6 is 0 Å². The zero-order chi connectivity index (χ0) is 9.40. The molecule has 0 fully saturated rings. The van der Waals surface area contributed by atoms with Crippen LogP contribution in [0, 0.1) is 5.92 Å². The van der Waals surface area contributed by atoms with Crippen molar-refractivity contribution in [2.75, 3.05) is 0 Å². The van der Waals surface area contributed by atoms with Gasteiger partial charge in [0, 0.05) is 8.80 Å². The number of hydrogen-bond donors (Lipinski definition) is 0. The molecule has 0 saturated heterocycles. The standard InChI is InChI=1S/C11H26Si/c1-5-8-12(9-6-2)10-7-11(3)4/h11-12H,5-10H2,1-4H3. The lowest BCUT2D eigenvalue weighted by molar-refractivity contribution is 0.620. The Labute approximate surface area is 80.4 Å². The van der Waals surface area contributed by atoms with Crippen molar-refractivity contribution >= 4 is 8.80 Å². The summed E-state index contributed by atoms with van der Waals surface area (Å²) in [6.45, 7) is 9.38. The highest BCUT2D eigenvalue weighted by atomic mass is 28.3. The minimum atomic E-state index is -0.290. The first-order valence-electron chi connectivity index (χ1n) is 5.70. The Balaban J connectivity index is 3.48. The molecular formula is C11H26Si. The average molecular weight is 186 g/mol. The summed E-state index contributed by atoms with van der Waals surface area (Å²) in [4.78, 5) is 0. The van der Waals surface area contributed by atoms with Crippen LogP contribution in [0.25, 0.3) is 0 Å². The van der Waals surface area contributed by atoms with Crippen molar-refractivity contribution in [3.63, 3.8) is 0 Å². The molecule has 0 atom stereocenters. The Bertz CT molecular complexity index is 83.0. The Morgan fingerprint density at radius 1 is 0.917 bits per heavy atom. The second-order valence-corrected chi connectivity index (χ2v) is 7.88. The lowest BCUT2D eigenvalue weighted by atomic mass is 10.2. The van der Waals surface area contributed by atoms with E-state index < -0.39 is 0 Å². The summed E-state index contributed by atoms with van der Waals surface area (Å²) in [5, 5.41) is 0. The summed E-state index contributed by atoms with van der Waals surface area (Å²) in [5.74, 6) is 0.925. The van der Waals surface area contributed by atoms with Crippen LogP contribution in [0.15, 0.2) is 0 Å². The van der Waals surface area contributed by atoms with Gasteiger partial charge in [0.1, 0.15) is 0 Å². The van der Waals surface area contributed by atoms with Gasteiger partial charge in [0.05, 0.1) is 0 Å². The quantitative estimate of drug-likeness (QED) is 0.526. The zero-order valence-electron chi connectivity index (χ0n) is 9.40. The van der Waals surface area contributed by atoms with Crippen molar-refractivity contribution in [1.29, 1.82) is 0 Å². The molecule has 74 valence electrons. The molecule has 0 unspecified atom stereocenters. The van der Waals surface area contributed by atoms with Crippen molar-refractivity contribution in [3.05, 3.63) is 0 Å².